The van der Waals surface area contributed by atoms with Gasteiger partial charge in [-0.25, -0.2) is 0 Å². The van der Waals surface area contributed by atoms with E-state index in [1.54, 1.807) is 25.7 Å². The van der Waals surface area contributed by atoms with Gasteiger partial charge in [-0.1, -0.05) is 30.3 Å². The minimum Gasteiger partial charge on any atom is -0.380 e. The van der Waals surface area contributed by atoms with Crippen molar-refractivity contribution in [3.63, 3.8) is 0 Å². The maximum atomic E-state index is 13.0. The molecule has 0 radical (unpaired) electrons. The van der Waals surface area contributed by atoms with E-state index < -0.39 is 5.60 Å². The van der Waals surface area contributed by atoms with Crippen LogP contribution in [-0.2, 0) is 20.9 Å². The van der Waals surface area contributed by atoms with Gasteiger partial charge in [-0.05, 0) is 46.1 Å². The highest BCUT2D eigenvalue weighted by Gasteiger charge is 2.37. The van der Waals surface area contributed by atoms with Crippen molar-refractivity contribution in [1.82, 2.24) is 9.80 Å². The number of ketones is 2. The van der Waals surface area contributed by atoms with E-state index in [4.69, 9.17) is 0 Å². The van der Waals surface area contributed by atoms with Crippen molar-refractivity contribution in [2.24, 2.45) is 0 Å². The van der Waals surface area contributed by atoms with Gasteiger partial charge in [0, 0.05) is 55.0 Å². The van der Waals surface area contributed by atoms with E-state index in [0.717, 1.165) is 19.6 Å². The Morgan fingerprint density at radius 3 is 2.13 bits per heavy atom. The minimum atomic E-state index is -1.58. The summed E-state index contributed by atoms with van der Waals surface area (Å²) in [6.07, 6.45) is 0.307. The Morgan fingerprint density at radius 1 is 0.935 bits per heavy atom. The molecule has 1 heterocycles. The van der Waals surface area contributed by atoms with Gasteiger partial charge < -0.3 is 10.0 Å². The molecule has 0 spiro atoms. The average molecular weight is 425 g/mol. The third kappa shape index (κ3) is 5.02. The van der Waals surface area contributed by atoms with Crippen LogP contribution in [0.15, 0.2) is 52.6 Å². The molecule has 3 rings (SSSR count). The summed E-state index contributed by atoms with van der Waals surface area (Å²) in [5, 5.41) is 10.9. The quantitative estimate of drug-likeness (QED) is 0.711. The first-order valence-electron chi connectivity index (χ1n) is 10.9. The van der Waals surface area contributed by atoms with Gasteiger partial charge in [-0.15, -0.1) is 0 Å². The van der Waals surface area contributed by atoms with Crippen LogP contribution in [0, 0.1) is 0 Å². The summed E-state index contributed by atoms with van der Waals surface area (Å²) in [6.45, 7) is 9.92. The summed E-state index contributed by atoms with van der Waals surface area (Å²) in [5.74, 6) is -0.608. The maximum absolute atomic E-state index is 13.0. The largest absolute Gasteiger partial charge is 0.380 e. The van der Waals surface area contributed by atoms with Crippen molar-refractivity contribution >= 4 is 17.5 Å². The fraction of sp³-hybridized carbons (Fsp3) is 0.480. The molecule has 1 fully saturated rings. The lowest BCUT2D eigenvalue weighted by Gasteiger charge is -2.38. The zero-order valence-electron chi connectivity index (χ0n) is 18.9. The van der Waals surface area contributed by atoms with Crippen molar-refractivity contribution in [3.05, 3.63) is 58.2 Å². The van der Waals surface area contributed by atoms with E-state index in [0.29, 0.717) is 35.4 Å². The number of benzene rings is 1. The van der Waals surface area contributed by atoms with Crippen LogP contribution >= 0.6 is 0 Å². The lowest BCUT2D eigenvalue weighted by molar-refractivity contribution is -0.152. The van der Waals surface area contributed by atoms with E-state index in [1.165, 1.54) is 12.5 Å². The molecule has 0 saturated carbocycles. The van der Waals surface area contributed by atoms with Crippen LogP contribution in [0.4, 0.5) is 0 Å². The third-order valence-corrected chi connectivity index (χ3v) is 6.54. The van der Waals surface area contributed by atoms with E-state index in [9.17, 15) is 19.5 Å². The molecule has 0 aromatic heterocycles. The van der Waals surface area contributed by atoms with Crippen molar-refractivity contribution in [2.75, 3.05) is 26.2 Å². The number of amides is 1. The number of carbonyl (C=O) groups is 3. The maximum Gasteiger partial charge on any atom is 0.254 e. The van der Waals surface area contributed by atoms with Gasteiger partial charge in [0.05, 0.1) is 0 Å². The average Bonchev–Trinajstić information content (AvgIpc) is 2.77. The zero-order valence-corrected chi connectivity index (χ0v) is 18.9. The Bertz CT molecular complexity index is 936. The summed E-state index contributed by atoms with van der Waals surface area (Å²) in [7, 11) is 0. The first-order chi connectivity index (χ1) is 14.6. The molecule has 2 aliphatic rings. The highest BCUT2D eigenvalue weighted by molar-refractivity contribution is 6.24. The molecule has 1 unspecified atom stereocenters. The Labute approximate surface area is 184 Å². The Kier molecular flexibility index (Phi) is 6.92. The molecular weight excluding hydrogens is 392 g/mol. The number of aliphatic hydroxyl groups is 1. The number of hydrogen-bond donors (Lipinski definition) is 1. The normalized spacial score (nSPS) is 20.4. The number of Topliss-reactive ketones (excluding diaryl/α,β-unsaturated/α-hetero) is 2. The van der Waals surface area contributed by atoms with Crippen LogP contribution in [0.2, 0.25) is 0 Å². The van der Waals surface area contributed by atoms with E-state index in [1.807, 2.05) is 18.2 Å². The predicted molar refractivity (Wildman–Crippen MR) is 119 cm³/mol. The van der Waals surface area contributed by atoms with E-state index in [2.05, 4.69) is 17.0 Å². The molecule has 1 amide bonds. The molecule has 166 valence electrons. The Hall–Kier alpha value is -2.57. The summed E-state index contributed by atoms with van der Waals surface area (Å²) in [5.41, 5.74) is 1.42. The predicted octanol–water partition coefficient (Wildman–Crippen LogP) is 2.67. The third-order valence-electron chi connectivity index (χ3n) is 6.54. The molecule has 1 aromatic rings. The molecule has 6 heteroatoms. The van der Waals surface area contributed by atoms with Crippen LogP contribution in [0.1, 0.15) is 46.1 Å². The van der Waals surface area contributed by atoms with E-state index in [-0.39, 0.29) is 30.3 Å². The van der Waals surface area contributed by atoms with Gasteiger partial charge in [-0.3, -0.25) is 19.3 Å². The molecule has 1 aliphatic heterocycles. The van der Waals surface area contributed by atoms with Gasteiger partial charge in [0.1, 0.15) is 5.60 Å². The monoisotopic (exact) mass is 424 g/mol. The molecule has 31 heavy (non-hydrogen) atoms. The lowest BCUT2D eigenvalue weighted by Crippen LogP contribution is -2.54. The smallest absolute Gasteiger partial charge is 0.254 e. The fourth-order valence-electron chi connectivity index (χ4n) is 4.22. The molecule has 6 nitrogen and oxygen atoms in total. The van der Waals surface area contributed by atoms with Crippen molar-refractivity contribution in [1.29, 1.82) is 0 Å². The van der Waals surface area contributed by atoms with Crippen molar-refractivity contribution in [3.8, 4) is 0 Å². The second-order valence-corrected chi connectivity index (χ2v) is 8.84. The Balaban J connectivity index is 1.57. The van der Waals surface area contributed by atoms with Gasteiger partial charge in [-0.2, -0.15) is 0 Å². The number of piperazine rings is 1. The van der Waals surface area contributed by atoms with Crippen molar-refractivity contribution in [2.45, 2.75) is 52.7 Å². The first-order valence-corrected chi connectivity index (χ1v) is 10.9. The summed E-state index contributed by atoms with van der Waals surface area (Å²) >= 11 is 0. The number of allylic oxidation sites excluding steroid dienone is 4. The molecule has 1 aliphatic carbocycles. The minimum absolute atomic E-state index is 0.105. The SMILES string of the molecule is CC1=C(C)C(=O)C(CCC(C)(O)C(=O)N2CCN(Cc3ccccc3)CC2)=C(C)C1=O. The summed E-state index contributed by atoms with van der Waals surface area (Å²) in [6, 6.07) is 10.2. The summed E-state index contributed by atoms with van der Waals surface area (Å²) < 4.78 is 0. The fourth-order valence-corrected chi connectivity index (χ4v) is 4.22. The van der Waals surface area contributed by atoms with Gasteiger partial charge in [0.25, 0.3) is 5.91 Å². The highest BCUT2D eigenvalue weighted by Crippen LogP contribution is 2.29. The second-order valence-electron chi connectivity index (χ2n) is 8.84. The van der Waals surface area contributed by atoms with Crippen LogP contribution in [-0.4, -0.2) is 64.2 Å². The Morgan fingerprint density at radius 2 is 1.52 bits per heavy atom. The number of rotatable bonds is 6. The molecule has 0 bridgehead atoms. The van der Waals surface area contributed by atoms with Gasteiger partial charge in [0.2, 0.25) is 0 Å². The lowest BCUT2D eigenvalue weighted by atomic mass is 9.82. The van der Waals surface area contributed by atoms with Gasteiger partial charge >= 0.3 is 0 Å². The standard InChI is InChI=1S/C25H32N2O4/c1-17-18(2)23(29)21(19(3)22(17)28)10-11-25(4,31)24(30)27-14-12-26(13-15-27)16-20-8-6-5-7-9-20/h5-9,31H,10-16H2,1-4H3. The molecule has 1 aromatic carbocycles. The topological polar surface area (TPSA) is 77.9 Å². The molecule has 1 saturated heterocycles. The summed E-state index contributed by atoms with van der Waals surface area (Å²) in [4.78, 5) is 41.9. The van der Waals surface area contributed by atoms with Crippen LogP contribution in [0.5, 0.6) is 0 Å². The zero-order chi connectivity index (χ0) is 22.8. The molecular formula is C25H32N2O4. The number of hydrogen-bond acceptors (Lipinski definition) is 5. The number of nitrogens with zero attached hydrogens (tertiary/aromatic N) is 2. The highest BCUT2D eigenvalue weighted by atomic mass is 16.3. The van der Waals surface area contributed by atoms with Crippen LogP contribution in [0.3, 0.4) is 0 Å². The van der Waals surface area contributed by atoms with Crippen LogP contribution < -0.4 is 0 Å². The van der Waals surface area contributed by atoms with E-state index >= 15 is 0 Å². The molecule has 1 atom stereocenters. The van der Waals surface area contributed by atoms with Crippen molar-refractivity contribution < 1.29 is 19.5 Å². The first kappa shape index (κ1) is 23.1. The van der Waals surface area contributed by atoms with Crippen LogP contribution in [0.25, 0.3) is 0 Å². The van der Waals surface area contributed by atoms with Gasteiger partial charge in [0.15, 0.2) is 11.6 Å². The molecule has 1 N–H and O–H groups in total. The number of carbonyl (C=O) groups excluding carboxylic acids is 3. The second kappa shape index (κ2) is 9.28.